The molecule has 16 heavy (non-hydrogen) atoms. The SMILES string of the molecule is COC(=O)C[C@H](N)c1ccc(F)c(C#N)c1. The molecule has 0 saturated carbocycles. The fourth-order valence-corrected chi connectivity index (χ4v) is 1.24. The number of carbonyl (C=O) groups is 1. The van der Waals surface area contributed by atoms with Gasteiger partial charge in [0.2, 0.25) is 0 Å². The van der Waals surface area contributed by atoms with Crippen LogP contribution in [0.15, 0.2) is 18.2 Å². The van der Waals surface area contributed by atoms with Crippen molar-refractivity contribution in [1.82, 2.24) is 0 Å². The van der Waals surface area contributed by atoms with E-state index in [2.05, 4.69) is 4.74 Å². The van der Waals surface area contributed by atoms with Crippen molar-refractivity contribution in [2.45, 2.75) is 12.5 Å². The molecule has 1 rings (SSSR count). The van der Waals surface area contributed by atoms with Crippen molar-refractivity contribution >= 4 is 5.97 Å². The summed E-state index contributed by atoms with van der Waals surface area (Å²) in [5.41, 5.74) is 6.16. The van der Waals surface area contributed by atoms with Crippen LogP contribution in [0, 0.1) is 17.1 Å². The number of nitriles is 1. The molecule has 0 saturated heterocycles. The third-order valence-electron chi connectivity index (χ3n) is 2.15. The Hall–Kier alpha value is -1.93. The second-order valence-corrected chi connectivity index (χ2v) is 3.24. The Kier molecular flexibility index (Phi) is 3.97. The predicted molar refractivity (Wildman–Crippen MR) is 54.7 cm³/mol. The fraction of sp³-hybridized carbons (Fsp3) is 0.273. The molecule has 1 atom stereocenters. The highest BCUT2D eigenvalue weighted by Crippen LogP contribution is 2.17. The van der Waals surface area contributed by atoms with Crippen molar-refractivity contribution < 1.29 is 13.9 Å². The Balaban J connectivity index is 2.89. The van der Waals surface area contributed by atoms with Crippen LogP contribution in [-0.4, -0.2) is 13.1 Å². The molecular formula is C11H11FN2O2. The number of ether oxygens (including phenoxy) is 1. The molecule has 0 aromatic heterocycles. The van der Waals surface area contributed by atoms with Gasteiger partial charge >= 0.3 is 5.97 Å². The molecule has 1 aromatic rings. The number of esters is 1. The molecule has 0 fully saturated rings. The van der Waals surface area contributed by atoms with Crippen molar-refractivity contribution in [2.24, 2.45) is 5.73 Å². The van der Waals surface area contributed by atoms with Gasteiger partial charge in [-0.3, -0.25) is 4.79 Å². The molecule has 0 bridgehead atoms. The topological polar surface area (TPSA) is 76.1 Å². The van der Waals surface area contributed by atoms with Gasteiger partial charge < -0.3 is 10.5 Å². The number of benzene rings is 1. The summed E-state index contributed by atoms with van der Waals surface area (Å²) in [6.45, 7) is 0. The Morgan fingerprint density at radius 1 is 1.69 bits per heavy atom. The molecule has 1 aromatic carbocycles. The average molecular weight is 222 g/mol. The van der Waals surface area contributed by atoms with Crippen molar-refractivity contribution in [3.63, 3.8) is 0 Å². The molecule has 0 unspecified atom stereocenters. The van der Waals surface area contributed by atoms with E-state index in [1.54, 1.807) is 6.07 Å². The van der Waals surface area contributed by atoms with Crippen LogP contribution in [0.2, 0.25) is 0 Å². The molecule has 2 N–H and O–H groups in total. The third kappa shape index (κ3) is 2.78. The number of methoxy groups -OCH3 is 1. The van der Waals surface area contributed by atoms with E-state index in [9.17, 15) is 9.18 Å². The average Bonchev–Trinajstić information content (AvgIpc) is 2.29. The van der Waals surface area contributed by atoms with Crippen LogP contribution in [0.25, 0.3) is 0 Å². The van der Waals surface area contributed by atoms with E-state index in [1.807, 2.05) is 0 Å². The van der Waals surface area contributed by atoms with Crippen LogP contribution in [0.1, 0.15) is 23.6 Å². The number of rotatable bonds is 3. The summed E-state index contributed by atoms with van der Waals surface area (Å²) in [7, 11) is 1.26. The van der Waals surface area contributed by atoms with E-state index >= 15 is 0 Å². The van der Waals surface area contributed by atoms with Gasteiger partial charge in [0.05, 0.1) is 19.1 Å². The molecule has 4 nitrogen and oxygen atoms in total. The standard InChI is InChI=1S/C11H11FN2O2/c1-16-11(15)5-10(14)7-2-3-9(12)8(4-7)6-13/h2-4,10H,5,14H2,1H3/t10-/m0/s1. The largest absolute Gasteiger partial charge is 0.469 e. The molecule has 0 radical (unpaired) electrons. The lowest BCUT2D eigenvalue weighted by Gasteiger charge is -2.10. The molecule has 84 valence electrons. The summed E-state index contributed by atoms with van der Waals surface area (Å²) < 4.78 is 17.5. The smallest absolute Gasteiger partial charge is 0.307 e. The van der Waals surface area contributed by atoms with Gasteiger partial charge in [-0.1, -0.05) is 6.07 Å². The normalized spacial score (nSPS) is 11.6. The molecule has 0 spiro atoms. The summed E-state index contributed by atoms with van der Waals surface area (Å²) in [4.78, 5) is 11.0. The number of hydrogen-bond donors (Lipinski definition) is 1. The lowest BCUT2D eigenvalue weighted by molar-refractivity contribution is -0.141. The van der Waals surface area contributed by atoms with E-state index in [-0.39, 0.29) is 12.0 Å². The van der Waals surface area contributed by atoms with Gasteiger partial charge in [-0.2, -0.15) is 5.26 Å². The number of carbonyl (C=O) groups excluding carboxylic acids is 1. The first-order chi connectivity index (χ1) is 7.58. The molecule has 0 heterocycles. The first-order valence-corrected chi connectivity index (χ1v) is 4.60. The lowest BCUT2D eigenvalue weighted by Crippen LogP contribution is -2.16. The number of halogens is 1. The zero-order valence-corrected chi connectivity index (χ0v) is 8.74. The van der Waals surface area contributed by atoms with Crippen LogP contribution in [0.4, 0.5) is 4.39 Å². The van der Waals surface area contributed by atoms with Crippen LogP contribution in [0.5, 0.6) is 0 Å². The minimum Gasteiger partial charge on any atom is -0.469 e. The first-order valence-electron chi connectivity index (χ1n) is 4.60. The zero-order valence-electron chi connectivity index (χ0n) is 8.74. The van der Waals surface area contributed by atoms with E-state index in [0.717, 1.165) is 6.07 Å². The highest BCUT2D eigenvalue weighted by Gasteiger charge is 2.13. The van der Waals surface area contributed by atoms with Crippen LogP contribution < -0.4 is 5.73 Å². The summed E-state index contributed by atoms with van der Waals surface area (Å²) in [5.74, 6) is -1.05. The number of hydrogen-bond acceptors (Lipinski definition) is 4. The molecule has 0 amide bonds. The predicted octanol–water partition coefficient (Wildman–Crippen LogP) is 1.26. The minimum atomic E-state index is -0.600. The van der Waals surface area contributed by atoms with Crippen molar-refractivity contribution in [1.29, 1.82) is 5.26 Å². The maximum absolute atomic E-state index is 13.0. The molecule has 5 heteroatoms. The second kappa shape index (κ2) is 5.24. The van der Waals surface area contributed by atoms with Gasteiger partial charge in [0.1, 0.15) is 11.9 Å². The summed E-state index contributed by atoms with van der Waals surface area (Å²) in [6.07, 6.45) is -0.00694. The van der Waals surface area contributed by atoms with Gasteiger partial charge in [0.25, 0.3) is 0 Å². The van der Waals surface area contributed by atoms with E-state index in [4.69, 9.17) is 11.0 Å². The van der Waals surface area contributed by atoms with E-state index in [1.165, 1.54) is 19.2 Å². The van der Waals surface area contributed by atoms with Crippen molar-refractivity contribution in [2.75, 3.05) is 7.11 Å². The maximum atomic E-state index is 13.0. The monoisotopic (exact) mass is 222 g/mol. The van der Waals surface area contributed by atoms with Gasteiger partial charge in [0, 0.05) is 6.04 Å². The molecule has 0 aliphatic carbocycles. The van der Waals surface area contributed by atoms with Gasteiger partial charge in [-0.25, -0.2) is 4.39 Å². The molecule has 0 aliphatic rings. The number of nitrogens with two attached hydrogens (primary N) is 1. The van der Waals surface area contributed by atoms with Crippen LogP contribution in [-0.2, 0) is 9.53 Å². The maximum Gasteiger partial charge on any atom is 0.307 e. The summed E-state index contributed by atoms with van der Waals surface area (Å²) in [5, 5.41) is 8.63. The Morgan fingerprint density at radius 3 is 2.94 bits per heavy atom. The summed E-state index contributed by atoms with van der Waals surface area (Å²) >= 11 is 0. The van der Waals surface area contributed by atoms with Gasteiger partial charge in [-0.15, -0.1) is 0 Å². The quantitative estimate of drug-likeness (QED) is 0.781. The van der Waals surface area contributed by atoms with E-state index < -0.39 is 17.8 Å². The Bertz CT molecular complexity index is 440. The van der Waals surface area contributed by atoms with Gasteiger partial charge in [-0.05, 0) is 17.7 Å². The van der Waals surface area contributed by atoms with E-state index in [0.29, 0.717) is 5.56 Å². The molecular weight excluding hydrogens is 211 g/mol. The Morgan fingerprint density at radius 2 is 2.38 bits per heavy atom. The summed E-state index contributed by atoms with van der Waals surface area (Å²) in [6, 6.07) is 5.06. The highest BCUT2D eigenvalue weighted by molar-refractivity contribution is 5.70. The van der Waals surface area contributed by atoms with Crippen molar-refractivity contribution in [3.8, 4) is 6.07 Å². The second-order valence-electron chi connectivity index (χ2n) is 3.24. The van der Waals surface area contributed by atoms with Crippen LogP contribution in [0.3, 0.4) is 0 Å². The first kappa shape index (κ1) is 12.1. The fourth-order valence-electron chi connectivity index (χ4n) is 1.24. The van der Waals surface area contributed by atoms with Crippen molar-refractivity contribution in [3.05, 3.63) is 35.1 Å². The third-order valence-corrected chi connectivity index (χ3v) is 2.15. The minimum absolute atomic E-state index is 0.00694. The Labute approximate surface area is 92.4 Å². The molecule has 0 aliphatic heterocycles. The van der Waals surface area contributed by atoms with Crippen LogP contribution >= 0.6 is 0 Å². The zero-order chi connectivity index (χ0) is 12.1. The lowest BCUT2D eigenvalue weighted by atomic mass is 10.0. The van der Waals surface area contributed by atoms with Gasteiger partial charge in [0.15, 0.2) is 0 Å². The highest BCUT2D eigenvalue weighted by atomic mass is 19.1. The number of nitrogens with zero attached hydrogens (tertiary/aromatic N) is 1.